The van der Waals surface area contributed by atoms with E-state index in [-0.39, 0.29) is 0 Å². The summed E-state index contributed by atoms with van der Waals surface area (Å²) in [4.78, 5) is 5.96. The van der Waals surface area contributed by atoms with E-state index in [9.17, 15) is 0 Å². The zero-order valence-corrected chi connectivity index (χ0v) is 12.9. The minimum absolute atomic E-state index is 0.304. The molecule has 5 heteroatoms. The number of nitrogens with zero attached hydrogens (tertiary/aromatic N) is 3. The molecule has 0 saturated heterocycles. The topological polar surface area (TPSA) is 42.7 Å². The van der Waals surface area contributed by atoms with Gasteiger partial charge < -0.3 is 5.32 Å². The first-order valence-electron chi connectivity index (χ1n) is 6.75. The lowest BCUT2D eigenvalue weighted by molar-refractivity contribution is 0.527. The molecule has 2 aromatic heterocycles. The van der Waals surface area contributed by atoms with E-state index in [1.807, 2.05) is 17.9 Å². The largest absolute Gasteiger partial charge is 0.309 e. The van der Waals surface area contributed by atoms with Gasteiger partial charge in [0.15, 0.2) is 0 Å². The fraction of sp³-hybridized carbons (Fsp3) is 0.571. The van der Waals surface area contributed by atoms with E-state index in [4.69, 9.17) is 0 Å². The van der Waals surface area contributed by atoms with Crippen LogP contribution in [0.3, 0.4) is 0 Å². The number of rotatable bonds is 6. The zero-order chi connectivity index (χ0) is 13.8. The van der Waals surface area contributed by atoms with Crippen LogP contribution in [0.15, 0.2) is 12.4 Å². The predicted molar refractivity (Wildman–Crippen MR) is 79.5 cm³/mol. The van der Waals surface area contributed by atoms with Gasteiger partial charge >= 0.3 is 0 Å². The van der Waals surface area contributed by atoms with Crippen LogP contribution in [0.2, 0.25) is 0 Å². The van der Waals surface area contributed by atoms with E-state index in [1.165, 1.54) is 15.4 Å². The van der Waals surface area contributed by atoms with E-state index < -0.39 is 0 Å². The molecular weight excluding hydrogens is 256 g/mol. The summed E-state index contributed by atoms with van der Waals surface area (Å²) < 4.78 is 1.86. The predicted octanol–water partition coefficient (Wildman–Crippen LogP) is 2.78. The lowest BCUT2D eigenvalue weighted by atomic mass is 10.1. The Morgan fingerprint density at radius 3 is 2.74 bits per heavy atom. The van der Waals surface area contributed by atoms with Crippen molar-refractivity contribution in [3.05, 3.63) is 33.5 Å². The van der Waals surface area contributed by atoms with Crippen LogP contribution in [0.5, 0.6) is 0 Å². The zero-order valence-electron chi connectivity index (χ0n) is 12.1. The van der Waals surface area contributed by atoms with Crippen LogP contribution in [0.25, 0.3) is 0 Å². The normalized spacial score (nSPS) is 12.8. The van der Waals surface area contributed by atoms with Crippen molar-refractivity contribution >= 4 is 11.3 Å². The highest BCUT2D eigenvalue weighted by atomic mass is 32.1. The maximum absolute atomic E-state index is 4.64. The van der Waals surface area contributed by atoms with Crippen molar-refractivity contribution in [2.45, 2.75) is 39.7 Å². The van der Waals surface area contributed by atoms with Gasteiger partial charge in [-0.2, -0.15) is 5.10 Å². The van der Waals surface area contributed by atoms with Gasteiger partial charge in [0.1, 0.15) is 0 Å². The molecule has 0 aliphatic carbocycles. The minimum Gasteiger partial charge on any atom is -0.309 e. The summed E-state index contributed by atoms with van der Waals surface area (Å²) in [5, 5.41) is 9.06. The fourth-order valence-corrected chi connectivity index (χ4v) is 3.03. The van der Waals surface area contributed by atoms with Gasteiger partial charge in [0.05, 0.1) is 16.9 Å². The summed E-state index contributed by atoms with van der Waals surface area (Å²) in [5.74, 6) is 0. The van der Waals surface area contributed by atoms with E-state index >= 15 is 0 Å². The van der Waals surface area contributed by atoms with E-state index in [0.717, 1.165) is 25.1 Å². The summed E-state index contributed by atoms with van der Waals surface area (Å²) in [5.41, 5.74) is 2.39. The Bertz CT molecular complexity index is 510. The van der Waals surface area contributed by atoms with Gasteiger partial charge in [-0.25, -0.2) is 4.98 Å². The molecule has 1 N–H and O–H groups in total. The fourth-order valence-electron chi connectivity index (χ4n) is 2.05. The molecule has 1 atom stereocenters. The molecule has 0 aromatic carbocycles. The first-order chi connectivity index (χ1) is 9.10. The lowest BCUT2D eigenvalue weighted by Gasteiger charge is -2.15. The number of hydrogen-bond donors (Lipinski definition) is 1. The van der Waals surface area contributed by atoms with Crippen molar-refractivity contribution in [1.82, 2.24) is 20.1 Å². The van der Waals surface area contributed by atoms with E-state index in [2.05, 4.69) is 42.4 Å². The lowest BCUT2D eigenvalue weighted by Crippen LogP contribution is -2.23. The second kappa shape index (κ2) is 6.30. The molecule has 0 saturated carbocycles. The molecule has 19 heavy (non-hydrogen) atoms. The van der Waals surface area contributed by atoms with Gasteiger partial charge in [-0.05, 0) is 26.8 Å². The molecule has 0 bridgehead atoms. The second-order valence-corrected chi connectivity index (χ2v) is 6.20. The highest BCUT2D eigenvalue weighted by molar-refractivity contribution is 7.11. The third-order valence-corrected chi connectivity index (χ3v) is 4.31. The summed E-state index contributed by atoms with van der Waals surface area (Å²) >= 11 is 1.80. The van der Waals surface area contributed by atoms with Crippen LogP contribution < -0.4 is 5.32 Å². The molecule has 2 rings (SSSR count). The Labute approximate surface area is 118 Å². The molecule has 2 heterocycles. The van der Waals surface area contributed by atoms with E-state index in [1.54, 1.807) is 11.3 Å². The van der Waals surface area contributed by atoms with Crippen molar-refractivity contribution in [3.63, 3.8) is 0 Å². The molecule has 0 fully saturated rings. The average Bonchev–Trinajstić information content (AvgIpc) is 2.92. The van der Waals surface area contributed by atoms with Crippen molar-refractivity contribution in [3.8, 4) is 0 Å². The molecule has 0 radical (unpaired) electrons. The van der Waals surface area contributed by atoms with Gasteiger partial charge in [-0.3, -0.25) is 4.68 Å². The van der Waals surface area contributed by atoms with Gasteiger partial charge in [0, 0.05) is 36.1 Å². The van der Waals surface area contributed by atoms with Crippen LogP contribution in [-0.4, -0.2) is 21.3 Å². The summed E-state index contributed by atoms with van der Waals surface area (Å²) in [6.07, 6.45) is 6.10. The van der Waals surface area contributed by atoms with Crippen molar-refractivity contribution in [2.24, 2.45) is 7.05 Å². The Morgan fingerprint density at radius 2 is 2.21 bits per heavy atom. The van der Waals surface area contributed by atoms with Crippen molar-refractivity contribution < 1.29 is 0 Å². The molecule has 0 spiro atoms. The quantitative estimate of drug-likeness (QED) is 0.883. The Kier molecular flexibility index (Phi) is 4.71. The molecule has 0 amide bonds. The monoisotopic (exact) mass is 278 g/mol. The van der Waals surface area contributed by atoms with Gasteiger partial charge in [0.2, 0.25) is 0 Å². The summed E-state index contributed by atoms with van der Waals surface area (Å²) in [7, 11) is 1.96. The number of aryl methyl sites for hydroxylation is 3. The van der Waals surface area contributed by atoms with Crippen LogP contribution in [0, 0.1) is 13.8 Å². The molecule has 1 unspecified atom stereocenters. The van der Waals surface area contributed by atoms with Crippen molar-refractivity contribution in [1.29, 1.82) is 0 Å². The smallest absolute Gasteiger partial charge is 0.0949 e. The van der Waals surface area contributed by atoms with Crippen LogP contribution in [0.1, 0.15) is 40.5 Å². The maximum Gasteiger partial charge on any atom is 0.0949 e. The van der Waals surface area contributed by atoms with Crippen LogP contribution in [-0.2, 0) is 13.5 Å². The third-order valence-electron chi connectivity index (χ3n) is 3.22. The number of thiazole rings is 1. The van der Waals surface area contributed by atoms with Gasteiger partial charge in [-0.1, -0.05) is 6.92 Å². The standard InChI is InChI=1S/C14H22N4S/c1-5-6-15-13(12-8-16-18(4)9-12)7-14-17-10(2)11(3)19-14/h8-9,13,15H,5-7H2,1-4H3. The summed E-state index contributed by atoms with van der Waals surface area (Å²) in [6, 6.07) is 0.304. The van der Waals surface area contributed by atoms with Crippen molar-refractivity contribution in [2.75, 3.05) is 6.54 Å². The third kappa shape index (κ3) is 3.64. The Balaban J connectivity index is 2.13. The first-order valence-corrected chi connectivity index (χ1v) is 7.56. The van der Waals surface area contributed by atoms with Crippen LogP contribution in [0.4, 0.5) is 0 Å². The molecule has 0 aliphatic heterocycles. The van der Waals surface area contributed by atoms with Crippen LogP contribution >= 0.6 is 11.3 Å². The number of aromatic nitrogens is 3. The highest BCUT2D eigenvalue weighted by Crippen LogP contribution is 2.23. The summed E-state index contributed by atoms with van der Waals surface area (Å²) in [6.45, 7) is 7.41. The Morgan fingerprint density at radius 1 is 1.42 bits per heavy atom. The highest BCUT2D eigenvalue weighted by Gasteiger charge is 2.16. The average molecular weight is 278 g/mol. The number of nitrogens with one attached hydrogen (secondary N) is 1. The van der Waals surface area contributed by atoms with Gasteiger partial charge in [-0.15, -0.1) is 11.3 Å². The Hall–Kier alpha value is -1.20. The molecule has 0 aliphatic rings. The second-order valence-electron chi connectivity index (χ2n) is 4.91. The molecule has 2 aromatic rings. The molecule has 4 nitrogen and oxygen atoms in total. The number of hydrogen-bond acceptors (Lipinski definition) is 4. The SMILES string of the molecule is CCCNC(Cc1nc(C)c(C)s1)c1cnn(C)c1. The molecule has 104 valence electrons. The van der Waals surface area contributed by atoms with E-state index in [0.29, 0.717) is 6.04 Å². The minimum atomic E-state index is 0.304. The van der Waals surface area contributed by atoms with Gasteiger partial charge in [0.25, 0.3) is 0 Å². The maximum atomic E-state index is 4.64. The molecular formula is C14H22N4S. The first kappa shape index (κ1) is 14.2.